The highest BCUT2D eigenvalue weighted by Gasteiger charge is 2.18. The average molecular weight is 321 g/mol. The first kappa shape index (κ1) is 14.2. The van der Waals surface area contributed by atoms with Crippen molar-refractivity contribution in [2.24, 2.45) is 0 Å². The number of rotatable bonds is 5. The number of thioether (sulfide) groups is 1. The lowest BCUT2D eigenvalue weighted by atomic mass is 10.2. The first-order valence-electron chi connectivity index (χ1n) is 6.25. The lowest BCUT2D eigenvalue weighted by molar-refractivity contribution is 0.459. The second kappa shape index (κ2) is 6.31. The van der Waals surface area contributed by atoms with Crippen molar-refractivity contribution < 1.29 is 4.39 Å². The van der Waals surface area contributed by atoms with E-state index in [4.69, 9.17) is 0 Å². The summed E-state index contributed by atoms with van der Waals surface area (Å²) in [6.07, 6.45) is 1.62. The van der Waals surface area contributed by atoms with Crippen LogP contribution in [0.1, 0.15) is 21.8 Å². The molecule has 0 N–H and O–H groups in total. The zero-order chi connectivity index (χ0) is 14.7. The molecule has 0 aliphatic carbocycles. The van der Waals surface area contributed by atoms with E-state index in [1.807, 2.05) is 37.3 Å². The van der Waals surface area contributed by atoms with Crippen molar-refractivity contribution in [2.75, 3.05) is 0 Å². The molecule has 2 aromatic heterocycles. The van der Waals surface area contributed by atoms with Crippen LogP contribution in [0.2, 0.25) is 0 Å². The molecule has 0 saturated heterocycles. The lowest BCUT2D eigenvalue weighted by Crippen LogP contribution is -1.99. The van der Waals surface area contributed by atoms with Crippen LogP contribution in [-0.4, -0.2) is 25.2 Å². The van der Waals surface area contributed by atoms with E-state index in [1.165, 1.54) is 11.3 Å². The maximum Gasteiger partial charge on any atom is 0.198 e. The minimum atomic E-state index is -1.29. The molecule has 2 heterocycles. The molecule has 0 saturated carbocycles. The van der Waals surface area contributed by atoms with Crippen LogP contribution in [0.25, 0.3) is 0 Å². The first-order valence-corrected chi connectivity index (χ1v) is 7.95. The number of aryl methyl sites for hydroxylation is 1. The van der Waals surface area contributed by atoms with Crippen LogP contribution in [0.15, 0.2) is 40.9 Å². The summed E-state index contributed by atoms with van der Waals surface area (Å²) in [7, 11) is 0. The molecular formula is C13H12FN5S2. The van der Waals surface area contributed by atoms with Crippen LogP contribution in [0.4, 0.5) is 4.39 Å². The van der Waals surface area contributed by atoms with Crippen LogP contribution in [0.3, 0.4) is 0 Å². The van der Waals surface area contributed by atoms with Gasteiger partial charge in [-0.15, -0.1) is 15.3 Å². The van der Waals surface area contributed by atoms with Gasteiger partial charge in [-0.05, 0) is 24.2 Å². The molecule has 0 spiro atoms. The summed E-state index contributed by atoms with van der Waals surface area (Å²) >= 11 is 2.37. The first-order chi connectivity index (χ1) is 10.2. The lowest BCUT2D eigenvalue weighted by Gasteiger charge is -2.01. The van der Waals surface area contributed by atoms with Crippen LogP contribution >= 0.6 is 23.1 Å². The standard InChI is InChI=1S/C13H12FN5S2/c1-9-15-17-13(20-9)21-12(14)11-8-19(18-16-11)7-10-5-3-2-4-6-10/h2-6,8,12H,7H2,1H3. The summed E-state index contributed by atoms with van der Waals surface area (Å²) in [6.45, 7) is 2.41. The van der Waals surface area contributed by atoms with Crippen molar-refractivity contribution in [1.29, 1.82) is 0 Å². The number of aromatic nitrogens is 5. The Labute approximate surface area is 129 Å². The number of halogens is 1. The predicted octanol–water partition coefficient (Wildman–Crippen LogP) is 3.25. The molecule has 21 heavy (non-hydrogen) atoms. The van der Waals surface area contributed by atoms with Gasteiger partial charge in [0, 0.05) is 0 Å². The molecule has 0 amide bonds. The Morgan fingerprint density at radius 1 is 1.24 bits per heavy atom. The maximum atomic E-state index is 14.2. The molecule has 0 aliphatic heterocycles. The van der Waals surface area contributed by atoms with E-state index >= 15 is 0 Å². The van der Waals surface area contributed by atoms with E-state index in [1.54, 1.807) is 10.9 Å². The van der Waals surface area contributed by atoms with Crippen molar-refractivity contribution >= 4 is 23.1 Å². The molecule has 0 aliphatic rings. The smallest absolute Gasteiger partial charge is 0.198 e. The van der Waals surface area contributed by atoms with Crippen molar-refractivity contribution in [3.8, 4) is 0 Å². The van der Waals surface area contributed by atoms with Gasteiger partial charge < -0.3 is 0 Å². The molecule has 3 rings (SSSR count). The van der Waals surface area contributed by atoms with Gasteiger partial charge in [-0.2, -0.15) is 0 Å². The van der Waals surface area contributed by atoms with Crippen LogP contribution < -0.4 is 0 Å². The van der Waals surface area contributed by atoms with Gasteiger partial charge in [-0.25, -0.2) is 9.07 Å². The van der Waals surface area contributed by atoms with Gasteiger partial charge in [0.1, 0.15) is 10.7 Å². The molecule has 1 atom stereocenters. The minimum Gasteiger partial charge on any atom is -0.248 e. The number of hydrogen-bond acceptors (Lipinski definition) is 6. The fraction of sp³-hybridized carbons (Fsp3) is 0.231. The number of alkyl halides is 1. The molecule has 108 valence electrons. The molecular weight excluding hydrogens is 309 g/mol. The highest BCUT2D eigenvalue weighted by molar-refractivity contribution is 8.01. The van der Waals surface area contributed by atoms with Gasteiger partial charge in [0.05, 0.1) is 12.7 Å². The van der Waals surface area contributed by atoms with E-state index in [0.29, 0.717) is 16.6 Å². The Bertz CT molecular complexity index is 712. The third kappa shape index (κ3) is 3.64. The number of benzene rings is 1. The van der Waals surface area contributed by atoms with E-state index in [-0.39, 0.29) is 0 Å². The fourth-order valence-electron chi connectivity index (χ4n) is 1.74. The largest absolute Gasteiger partial charge is 0.248 e. The average Bonchev–Trinajstić information content (AvgIpc) is 3.09. The van der Waals surface area contributed by atoms with Crippen LogP contribution in [0.5, 0.6) is 0 Å². The topological polar surface area (TPSA) is 56.5 Å². The highest BCUT2D eigenvalue weighted by Crippen LogP contribution is 2.36. The van der Waals surface area contributed by atoms with Gasteiger partial charge in [-0.3, -0.25) is 0 Å². The number of hydrogen-bond donors (Lipinski definition) is 0. The Morgan fingerprint density at radius 2 is 2.05 bits per heavy atom. The second-order valence-corrected chi connectivity index (χ2v) is 6.82. The van der Waals surface area contributed by atoms with E-state index in [9.17, 15) is 4.39 Å². The van der Waals surface area contributed by atoms with Crippen molar-refractivity contribution in [3.63, 3.8) is 0 Å². The summed E-state index contributed by atoms with van der Waals surface area (Å²) in [6, 6.07) is 9.85. The Kier molecular flexibility index (Phi) is 4.26. The SMILES string of the molecule is Cc1nnc(SC(F)c2cn(Cc3ccccc3)nn2)s1. The maximum absolute atomic E-state index is 14.2. The quantitative estimate of drug-likeness (QED) is 0.675. The minimum absolute atomic E-state index is 0.295. The predicted molar refractivity (Wildman–Crippen MR) is 79.9 cm³/mol. The summed E-state index contributed by atoms with van der Waals surface area (Å²) in [5.41, 5.74) is 0.0995. The van der Waals surface area contributed by atoms with Gasteiger partial charge in [0.2, 0.25) is 0 Å². The van der Waals surface area contributed by atoms with Crippen molar-refractivity contribution in [3.05, 3.63) is 52.8 Å². The van der Waals surface area contributed by atoms with Gasteiger partial charge >= 0.3 is 0 Å². The molecule has 8 heteroatoms. The van der Waals surface area contributed by atoms with E-state index < -0.39 is 5.50 Å². The zero-order valence-corrected chi connectivity index (χ0v) is 12.8. The van der Waals surface area contributed by atoms with Crippen molar-refractivity contribution in [1.82, 2.24) is 25.2 Å². The third-order valence-electron chi connectivity index (χ3n) is 2.69. The summed E-state index contributed by atoms with van der Waals surface area (Å²) in [4.78, 5) is 0. The molecule has 0 bridgehead atoms. The molecule has 1 aromatic carbocycles. The summed E-state index contributed by atoms with van der Waals surface area (Å²) in [5, 5.41) is 16.4. The normalized spacial score (nSPS) is 12.5. The molecule has 0 radical (unpaired) electrons. The van der Waals surface area contributed by atoms with Gasteiger partial charge in [0.15, 0.2) is 9.84 Å². The van der Waals surface area contributed by atoms with Gasteiger partial charge in [-0.1, -0.05) is 46.9 Å². The molecule has 5 nitrogen and oxygen atoms in total. The highest BCUT2D eigenvalue weighted by atomic mass is 32.2. The third-order valence-corrected chi connectivity index (χ3v) is 4.59. The zero-order valence-electron chi connectivity index (χ0n) is 11.2. The fourth-order valence-corrected chi connectivity index (χ4v) is 3.46. The monoisotopic (exact) mass is 321 g/mol. The molecule has 3 aromatic rings. The van der Waals surface area contributed by atoms with E-state index in [0.717, 1.165) is 22.3 Å². The van der Waals surface area contributed by atoms with E-state index in [2.05, 4.69) is 20.5 Å². The summed E-state index contributed by atoms with van der Waals surface area (Å²) in [5.74, 6) is 0. The van der Waals surface area contributed by atoms with Crippen LogP contribution in [-0.2, 0) is 6.54 Å². The Balaban J connectivity index is 1.66. The summed E-state index contributed by atoms with van der Waals surface area (Å²) < 4.78 is 16.4. The Hall–Kier alpha value is -1.80. The molecule has 1 unspecified atom stereocenters. The van der Waals surface area contributed by atoms with Gasteiger partial charge in [0.25, 0.3) is 0 Å². The Morgan fingerprint density at radius 3 is 2.76 bits per heavy atom. The van der Waals surface area contributed by atoms with Crippen LogP contribution in [0, 0.1) is 6.92 Å². The number of nitrogens with zero attached hydrogens (tertiary/aromatic N) is 5. The second-order valence-electron chi connectivity index (χ2n) is 4.35. The molecule has 0 fully saturated rings. The van der Waals surface area contributed by atoms with Crippen molar-refractivity contribution in [2.45, 2.75) is 23.3 Å².